The van der Waals surface area contributed by atoms with Gasteiger partial charge in [0.25, 0.3) is 0 Å². The highest BCUT2D eigenvalue weighted by Gasteiger charge is 2.47. The van der Waals surface area contributed by atoms with Crippen LogP contribution in [0.1, 0.15) is 29.7 Å². The molecule has 180 valence electrons. The number of carbonyl (C=O) groups is 2. The van der Waals surface area contributed by atoms with Crippen LogP contribution in [0.2, 0.25) is 5.28 Å². The number of methoxy groups -OCH3 is 1. The summed E-state index contributed by atoms with van der Waals surface area (Å²) in [7, 11) is 1.30. The van der Waals surface area contributed by atoms with Gasteiger partial charge in [-0.1, -0.05) is 24.3 Å². The van der Waals surface area contributed by atoms with Gasteiger partial charge in [-0.3, -0.25) is 14.9 Å². The molecule has 1 saturated heterocycles. The fourth-order valence-corrected chi connectivity index (χ4v) is 5.15. The lowest BCUT2D eigenvalue weighted by molar-refractivity contribution is -0.385. The van der Waals surface area contributed by atoms with Crippen molar-refractivity contribution in [1.29, 1.82) is 0 Å². The summed E-state index contributed by atoms with van der Waals surface area (Å²) < 4.78 is 5.18. The van der Waals surface area contributed by atoms with E-state index in [-0.39, 0.29) is 55.1 Å². The molecule has 0 bridgehead atoms. The Morgan fingerprint density at radius 3 is 2.59 bits per heavy atom. The number of anilines is 1. The number of halogens is 1. The van der Waals surface area contributed by atoms with Crippen molar-refractivity contribution >= 4 is 35.2 Å². The minimum atomic E-state index is -1.15. The standard InChI is InChI=1S/C22H24ClN5O6/c1-34-19(29)22(8-4-6-14-5-2-3-7-15(14)22)13-16-17(28(32)33)18(25-20(23)24-16)26-9-11-27(12-10-26)21(30)31/h2-3,5,7H,4,6,8-13H2,1H3,(H,30,31). The maximum Gasteiger partial charge on any atom is 0.407 e. The van der Waals surface area contributed by atoms with Gasteiger partial charge >= 0.3 is 17.7 Å². The molecule has 1 fully saturated rings. The summed E-state index contributed by atoms with van der Waals surface area (Å²) in [6.07, 6.45) is 0.828. The molecule has 1 aliphatic carbocycles. The molecular weight excluding hydrogens is 466 g/mol. The summed E-state index contributed by atoms with van der Waals surface area (Å²) in [4.78, 5) is 47.3. The molecule has 0 spiro atoms. The fourth-order valence-electron chi connectivity index (χ4n) is 4.97. The maximum absolute atomic E-state index is 13.2. The second kappa shape index (κ2) is 9.41. The fraction of sp³-hybridized carbons (Fsp3) is 0.455. The lowest BCUT2D eigenvalue weighted by Crippen LogP contribution is -2.49. The topological polar surface area (TPSA) is 139 Å². The molecule has 1 N–H and O–H groups in total. The number of benzene rings is 1. The number of carbonyl (C=O) groups excluding carboxylic acids is 1. The zero-order valence-corrected chi connectivity index (χ0v) is 19.3. The molecule has 0 radical (unpaired) electrons. The number of hydrogen-bond donors (Lipinski definition) is 1. The Hall–Kier alpha value is -3.47. The van der Waals surface area contributed by atoms with Crippen LogP contribution >= 0.6 is 11.6 Å². The van der Waals surface area contributed by atoms with Crippen molar-refractivity contribution in [2.75, 3.05) is 38.2 Å². The molecule has 2 aliphatic rings. The molecule has 1 amide bonds. The van der Waals surface area contributed by atoms with Crippen molar-refractivity contribution in [1.82, 2.24) is 14.9 Å². The van der Waals surface area contributed by atoms with Crippen molar-refractivity contribution in [3.63, 3.8) is 0 Å². The van der Waals surface area contributed by atoms with Gasteiger partial charge in [0, 0.05) is 32.6 Å². The Bertz CT molecular complexity index is 1140. The second-order valence-corrected chi connectivity index (χ2v) is 8.72. The van der Waals surface area contributed by atoms with Gasteiger partial charge in [-0.25, -0.2) is 9.78 Å². The van der Waals surface area contributed by atoms with Gasteiger partial charge in [0.15, 0.2) is 0 Å². The molecule has 2 heterocycles. The van der Waals surface area contributed by atoms with Crippen LogP contribution in [0.3, 0.4) is 0 Å². The summed E-state index contributed by atoms with van der Waals surface area (Å²) in [6, 6.07) is 7.52. The average Bonchev–Trinajstić information content (AvgIpc) is 2.83. The minimum Gasteiger partial charge on any atom is -0.468 e. The number of rotatable bonds is 5. The zero-order valence-electron chi connectivity index (χ0n) is 18.6. The third-order valence-electron chi connectivity index (χ3n) is 6.57. The highest BCUT2D eigenvalue weighted by atomic mass is 35.5. The molecule has 12 heteroatoms. The first-order valence-corrected chi connectivity index (χ1v) is 11.2. The summed E-state index contributed by atoms with van der Waals surface area (Å²) in [5.74, 6) is -0.463. The van der Waals surface area contributed by atoms with Crippen molar-refractivity contribution in [2.45, 2.75) is 31.1 Å². The molecule has 0 saturated carbocycles. The molecule has 4 rings (SSSR count). The Balaban J connectivity index is 1.80. The van der Waals surface area contributed by atoms with Crippen molar-refractivity contribution in [3.05, 3.63) is 56.5 Å². The van der Waals surface area contributed by atoms with Crippen LogP contribution in [0.5, 0.6) is 0 Å². The molecule has 1 aliphatic heterocycles. The molecule has 34 heavy (non-hydrogen) atoms. The largest absolute Gasteiger partial charge is 0.468 e. The normalized spacial score (nSPS) is 19.9. The van der Waals surface area contributed by atoms with E-state index in [1.54, 1.807) is 4.90 Å². The maximum atomic E-state index is 13.2. The molecule has 1 aromatic carbocycles. The van der Waals surface area contributed by atoms with E-state index in [9.17, 15) is 24.8 Å². The first kappa shape index (κ1) is 23.7. The van der Waals surface area contributed by atoms with Crippen LogP contribution in [0.4, 0.5) is 16.3 Å². The Morgan fingerprint density at radius 2 is 1.94 bits per heavy atom. The lowest BCUT2D eigenvalue weighted by atomic mass is 9.67. The van der Waals surface area contributed by atoms with Crippen molar-refractivity contribution in [2.24, 2.45) is 0 Å². The van der Waals surface area contributed by atoms with Crippen LogP contribution in [0, 0.1) is 10.1 Å². The number of amides is 1. The minimum absolute atomic E-state index is 0.0224. The number of nitro groups is 1. The predicted octanol–water partition coefficient (Wildman–Crippen LogP) is 2.83. The lowest BCUT2D eigenvalue weighted by Gasteiger charge is -2.37. The monoisotopic (exact) mass is 489 g/mol. The van der Waals surface area contributed by atoms with E-state index in [0.29, 0.717) is 12.8 Å². The van der Waals surface area contributed by atoms with E-state index in [0.717, 1.165) is 17.5 Å². The third-order valence-corrected chi connectivity index (χ3v) is 6.74. The van der Waals surface area contributed by atoms with E-state index < -0.39 is 22.4 Å². The van der Waals surface area contributed by atoms with Gasteiger partial charge in [-0.15, -0.1) is 0 Å². The van der Waals surface area contributed by atoms with Gasteiger partial charge < -0.3 is 19.6 Å². The Labute approximate surface area is 200 Å². The van der Waals surface area contributed by atoms with Gasteiger partial charge in [0.2, 0.25) is 11.1 Å². The summed E-state index contributed by atoms with van der Waals surface area (Å²) >= 11 is 6.21. The average molecular weight is 490 g/mol. The van der Waals surface area contributed by atoms with E-state index >= 15 is 0 Å². The number of ether oxygens (including phenoxy) is 1. The smallest absolute Gasteiger partial charge is 0.407 e. The highest BCUT2D eigenvalue weighted by Crippen LogP contribution is 2.43. The molecule has 1 atom stereocenters. The molecular formula is C22H24ClN5O6. The number of aromatic nitrogens is 2. The van der Waals surface area contributed by atoms with Crippen LogP contribution in [0.15, 0.2) is 24.3 Å². The SMILES string of the molecule is COC(=O)C1(Cc2nc(Cl)nc(N3CCN(C(=O)O)CC3)c2[N+](=O)[O-])CCCc2ccccc21. The quantitative estimate of drug-likeness (QED) is 0.290. The van der Waals surface area contributed by atoms with Gasteiger partial charge in [0.05, 0.1) is 17.4 Å². The summed E-state index contributed by atoms with van der Waals surface area (Å²) in [5.41, 5.74) is 0.327. The number of piperazine rings is 1. The van der Waals surface area contributed by atoms with Crippen LogP contribution < -0.4 is 4.90 Å². The van der Waals surface area contributed by atoms with E-state index in [1.165, 1.54) is 12.0 Å². The first-order valence-electron chi connectivity index (χ1n) is 10.9. The number of esters is 1. The van der Waals surface area contributed by atoms with Gasteiger partial charge in [0.1, 0.15) is 5.69 Å². The Kier molecular flexibility index (Phi) is 6.56. The second-order valence-electron chi connectivity index (χ2n) is 8.39. The number of nitrogens with zero attached hydrogens (tertiary/aromatic N) is 5. The molecule has 11 nitrogen and oxygen atoms in total. The van der Waals surface area contributed by atoms with Crippen LogP contribution in [-0.4, -0.2) is 70.2 Å². The van der Waals surface area contributed by atoms with E-state index in [2.05, 4.69) is 9.97 Å². The molecule has 1 unspecified atom stereocenters. The van der Waals surface area contributed by atoms with Crippen molar-refractivity contribution < 1.29 is 24.4 Å². The zero-order chi connectivity index (χ0) is 24.5. The third kappa shape index (κ3) is 4.23. The van der Waals surface area contributed by atoms with Crippen molar-refractivity contribution in [3.8, 4) is 0 Å². The summed E-state index contributed by atoms with van der Waals surface area (Å²) in [5, 5.41) is 21.3. The first-order chi connectivity index (χ1) is 16.3. The number of aryl methyl sites for hydroxylation is 1. The van der Waals surface area contributed by atoms with Gasteiger partial charge in [-0.05, 0) is 42.0 Å². The highest BCUT2D eigenvalue weighted by molar-refractivity contribution is 6.28. The molecule has 2 aromatic rings. The van der Waals surface area contributed by atoms with E-state index in [1.807, 2.05) is 24.3 Å². The number of fused-ring (bicyclic) bond motifs is 1. The number of carboxylic acid groups (broad SMARTS) is 1. The summed E-state index contributed by atoms with van der Waals surface area (Å²) in [6.45, 7) is 0.766. The van der Waals surface area contributed by atoms with E-state index in [4.69, 9.17) is 16.3 Å². The van der Waals surface area contributed by atoms with Crippen LogP contribution in [-0.2, 0) is 27.8 Å². The van der Waals surface area contributed by atoms with Crippen LogP contribution in [0.25, 0.3) is 0 Å². The predicted molar refractivity (Wildman–Crippen MR) is 122 cm³/mol. The van der Waals surface area contributed by atoms with Gasteiger partial charge in [-0.2, -0.15) is 4.98 Å². The molecule has 1 aromatic heterocycles. The Morgan fingerprint density at radius 1 is 1.24 bits per heavy atom. The number of hydrogen-bond acceptors (Lipinski definition) is 8.